The van der Waals surface area contributed by atoms with E-state index >= 15 is 0 Å². The zero-order valence-corrected chi connectivity index (χ0v) is 13.8. The molecular weight excluding hydrogens is 322 g/mol. The van der Waals surface area contributed by atoms with E-state index in [0.29, 0.717) is 0 Å². The van der Waals surface area contributed by atoms with Gasteiger partial charge in [0.2, 0.25) is 0 Å². The van der Waals surface area contributed by atoms with E-state index in [1.54, 1.807) is 0 Å². The third kappa shape index (κ3) is 3.64. The van der Waals surface area contributed by atoms with Crippen LogP contribution in [0.25, 0.3) is 11.1 Å². The number of carboxylic acids is 1. The summed E-state index contributed by atoms with van der Waals surface area (Å²) in [5.41, 5.74) is 4.61. The predicted molar refractivity (Wildman–Crippen MR) is 91.3 cm³/mol. The van der Waals surface area contributed by atoms with E-state index in [2.05, 4.69) is 12.1 Å². The van der Waals surface area contributed by atoms with Crippen molar-refractivity contribution in [2.24, 2.45) is 0 Å². The maximum atomic E-state index is 12.1. The van der Waals surface area contributed by atoms with E-state index in [-0.39, 0.29) is 19.3 Å². The van der Waals surface area contributed by atoms with Gasteiger partial charge in [-0.25, -0.2) is 9.59 Å². The summed E-state index contributed by atoms with van der Waals surface area (Å²) in [6, 6.07) is 16.2. The Morgan fingerprint density at radius 2 is 1.60 bits per heavy atom. The van der Waals surface area contributed by atoms with Gasteiger partial charge in [-0.2, -0.15) is 0 Å². The Bertz CT molecular complexity index is 743. The lowest BCUT2D eigenvalue weighted by Crippen LogP contribution is -2.31. The largest absolute Gasteiger partial charge is 0.480 e. The molecule has 2 aromatic rings. The Balaban J connectivity index is 1.65. The molecule has 1 aliphatic rings. The van der Waals surface area contributed by atoms with Gasteiger partial charge in [-0.05, 0) is 22.3 Å². The molecule has 25 heavy (non-hydrogen) atoms. The standard InChI is InChI=1S/C19H19NO5/c1-20(12-24-11-18(21)22)19(23)25-10-17-15-8-4-2-6-13(15)14-7-3-5-9-16(14)17/h2-9,17H,10-12H2,1H3,(H,21,22). The number of hydrogen-bond acceptors (Lipinski definition) is 4. The molecule has 0 bridgehead atoms. The van der Waals surface area contributed by atoms with Crippen LogP contribution in [0.5, 0.6) is 0 Å². The van der Waals surface area contributed by atoms with Crippen LogP contribution in [0.3, 0.4) is 0 Å². The number of benzene rings is 2. The van der Waals surface area contributed by atoms with Crippen LogP contribution in [0, 0.1) is 0 Å². The number of ether oxygens (including phenoxy) is 2. The molecule has 2 aromatic carbocycles. The molecule has 1 amide bonds. The molecule has 0 atom stereocenters. The highest BCUT2D eigenvalue weighted by Gasteiger charge is 2.29. The lowest BCUT2D eigenvalue weighted by molar-refractivity contribution is -0.143. The van der Waals surface area contributed by atoms with Crippen molar-refractivity contribution < 1.29 is 24.2 Å². The molecule has 130 valence electrons. The second kappa shape index (κ2) is 7.36. The maximum Gasteiger partial charge on any atom is 0.411 e. The molecular formula is C19H19NO5. The van der Waals surface area contributed by atoms with Crippen LogP contribution in [0.1, 0.15) is 17.0 Å². The molecule has 0 unspecified atom stereocenters. The van der Waals surface area contributed by atoms with Gasteiger partial charge in [-0.3, -0.25) is 4.90 Å². The number of hydrogen-bond donors (Lipinski definition) is 1. The summed E-state index contributed by atoms with van der Waals surface area (Å²) in [4.78, 5) is 23.7. The number of carbonyl (C=O) groups excluding carboxylic acids is 1. The maximum absolute atomic E-state index is 12.1. The summed E-state index contributed by atoms with van der Waals surface area (Å²) in [5.74, 6) is -1.09. The molecule has 0 radical (unpaired) electrons. The summed E-state index contributed by atoms with van der Waals surface area (Å²) in [6.45, 7) is -0.375. The fraction of sp³-hybridized carbons (Fsp3) is 0.263. The van der Waals surface area contributed by atoms with Crippen LogP contribution < -0.4 is 0 Å². The number of aliphatic carboxylic acids is 1. The normalized spacial score (nSPS) is 12.4. The van der Waals surface area contributed by atoms with Crippen molar-refractivity contribution in [3.05, 3.63) is 59.7 Å². The highest BCUT2D eigenvalue weighted by Crippen LogP contribution is 2.44. The van der Waals surface area contributed by atoms with E-state index in [9.17, 15) is 9.59 Å². The van der Waals surface area contributed by atoms with Crippen molar-refractivity contribution in [3.8, 4) is 11.1 Å². The number of fused-ring (bicyclic) bond motifs is 3. The van der Waals surface area contributed by atoms with Crippen molar-refractivity contribution in [3.63, 3.8) is 0 Å². The second-order valence-corrected chi connectivity index (χ2v) is 5.87. The van der Waals surface area contributed by atoms with Gasteiger partial charge in [0.1, 0.15) is 19.9 Å². The van der Waals surface area contributed by atoms with Gasteiger partial charge in [0.05, 0.1) is 0 Å². The Morgan fingerprint density at radius 3 is 2.16 bits per heavy atom. The number of rotatable bonds is 6. The van der Waals surface area contributed by atoms with Crippen LogP contribution in [-0.4, -0.2) is 49.1 Å². The Hall–Kier alpha value is -2.86. The molecule has 0 saturated heterocycles. The fourth-order valence-electron chi connectivity index (χ4n) is 3.03. The van der Waals surface area contributed by atoms with Gasteiger partial charge in [0, 0.05) is 13.0 Å². The van der Waals surface area contributed by atoms with Crippen LogP contribution in [0.2, 0.25) is 0 Å². The molecule has 0 aromatic heterocycles. The number of carboxylic acid groups (broad SMARTS) is 1. The summed E-state index contributed by atoms with van der Waals surface area (Å²) in [7, 11) is 1.50. The third-order valence-corrected chi connectivity index (χ3v) is 4.16. The summed E-state index contributed by atoms with van der Waals surface area (Å²) in [6.07, 6.45) is -0.549. The Kier molecular flexibility index (Phi) is 5.00. The van der Waals surface area contributed by atoms with E-state index < -0.39 is 18.7 Å². The molecule has 3 rings (SSSR count). The van der Waals surface area contributed by atoms with Crippen molar-refractivity contribution in [2.45, 2.75) is 5.92 Å². The highest BCUT2D eigenvalue weighted by atomic mass is 16.6. The first kappa shape index (κ1) is 17.0. The predicted octanol–water partition coefficient (Wildman–Crippen LogP) is 2.93. The van der Waals surface area contributed by atoms with Crippen LogP contribution >= 0.6 is 0 Å². The van der Waals surface area contributed by atoms with Gasteiger partial charge in [0.25, 0.3) is 0 Å². The van der Waals surface area contributed by atoms with Gasteiger partial charge >= 0.3 is 12.1 Å². The molecule has 6 nitrogen and oxygen atoms in total. The molecule has 1 aliphatic carbocycles. The van der Waals surface area contributed by atoms with Crippen molar-refractivity contribution >= 4 is 12.1 Å². The first-order chi connectivity index (χ1) is 12.1. The van der Waals surface area contributed by atoms with Crippen LogP contribution in [0.15, 0.2) is 48.5 Å². The molecule has 0 spiro atoms. The van der Waals surface area contributed by atoms with Gasteiger partial charge < -0.3 is 14.6 Å². The quantitative estimate of drug-likeness (QED) is 0.818. The average molecular weight is 341 g/mol. The Labute approximate surface area is 145 Å². The monoisotopic (exact) mass is 341 g/mol. The zero-order chi connectivity index (χ0) is 17.8. The topological polar surface area (TPSA) is 76.1 Å². The second-order valence-electron chi connectivity index (χ2n) is 5.87. The number of carbonyl (C=O) groups is 2. The lowest BCUT2D eigenvalue weighted by atomic mass is 9.98. The minimum Gasteiger partial charge on any atom is -0.480 e. The van der Waals surface area contributed by atoms with Crippen molar-refractivity contribution in [2.75, 3.05) is 27.0 Å². The minimum absolute atomic E-state index is 0.00955. The van der Waals surface area contributed by atoms with Gasteiger partial charge in [-0.1, -0.05) is 48.5 Å². The molecule has 0 fully saturated rings. The minimum atomic E-state index is -1.08. The lowest BCUT2D eigenvalue weighted by Gasteiger charge is -2.19. The first-order valence-corrected chi connectivity index (χ1v) is 7.93. The van der Waals surface area contributed by atoms with E-state index in [1.165, 1.54) is 11.9 Å². The van der Waals surface area contributed by atoms with Crippen LogP contribution in [-0.2, 0) is 14.3 Å². The average Bonchev–Trinajstić information content (AvgIpc) is 2.93. The summed E-state index contributed by atoms with van der Waals surface area (Å²) >= 11 is 0. The fourth-order valence-corrected chi connectivity index (χ4v) is 3.03. The molecule has 6 heteroatoms. The van der Waals surface area contributed by atoms with Crippen molar-refractivity contribution in [1.82, 2.24) is 4.90 Å². The van der Waals surface area contributed by atoms with E-state index in [0.717, 1.165) is 22.3 Å². The zero-order valence-electron chi connectivity index (χ0n) is 13.8. The van der Waals surface area contributed by atoms with Gasteiger partial charge in [0.15, 0.2) is 0 Å². The van der Waals surface area contributed by atoms with Gasteiger partial charge in [-0.15, -0.1) is 0 Å². The summed E-state index contributed by atoms with van der Waals surface area (Å²) in [5, 5.41) is 8.54. The highest BCUT2D eigenvalue weighted by molar-refractivity contribution is 5.79. The Morgan fingerprint density at radius 1 is 1.04 bits per heavy atom. The molecule has 0 saturated carbocycles. The summed E-state index contributed by atoms with van der Waals surface area (Å²) < 4.78 is 10.3. The third-order valence-electron chi connectivity index (χ3n) is 4.16. The first-order valence-electron chi connectivity index (χ1n) is 7.93. The van der Waals surface area contributed by atoms with E-state index in [1.807, 2.05) is 36.4 Å². The molecule has 1 N–H and O–H groups in total. The SMILES string of the molecule is CN(COCC(=O)O)C(=O)OCC1c2ccccc2-c2ccccc21. The van der Waals surface area contributed by atoms with E-state index in [4.69, 9.17) is 14.6 Å². The van der Waals surface area contributed by atoms with Crippen LogP contribution in [0.4, 0.5) is 4.79 Å². The smallest absolute Gasteiger partial charge is 0.411 e. The van der Waals surface area contributed by atoms with Crippen molar-refractivity contribution in [1.29, 1.82) is 0 Å². The molecule has 0 aliphatic heterocycles. The number of nitrogens with zero attached hydrogens (tertiary/aromatic N) is 1. The number of amides is 1. The molecule has 0 heterocycles.